The molecule has 0 bridgehead atoms. The Labute approximate surface area is 220 Å². The number of carbonyl (C=O) groups excluding carboxylic acids is 1. The quantitative estimate of drug-likeness (QED) is 0.301. The van der Waals surface area contributed by atoms with E-state index in [9.17, 15) is 9.59 Å². The van der Waals surface area contributed by atoms with Crippen molar-refractivity contribution in [3.05, 3.63) is 56.6 Å². The number of hydrogen-bond donors (Lipinski definition) is 0. The third-order valence-corrected chi connectivity index (χ3v) is 7.11. The molecular formula is C26H31Cl2N5O3. The average Bonchev–Trinajstić information content (AvgIpc) is 2.85. The van der Waals surface area contributed by atoms with Crippen molar-refractivity contribution in [2.24, 2.45) is 0 Å². The highest BCUT2D eigenvalue weighted by Crippen LogP contribution is 2.33. The van der Waals surface area contributed by atoms with Crippen molar-refractivity contribution >= 4 is 46.1 Å². The maximum absolute atomic E-state index is 13.5. The Morgan fingerprint density at radius 3 is 2.64 bits per heavy atom. The first-order valence-corrected chi connectivity index (χ1v) is 13.0. The highest BCUT2D eigenvalue weighted by atomic mass is 35.5. The Balaban J connectivity index is 1.77. The molecule has 0 radical (unpaired) electrons. The number of carbonyl (C=O) groups is 1. The first kappa shape index (κ1) is 26.2. The summed E-state index contributed by atoms with van der Waals surface area (Å²) in [5.74, 6) is 0.654. The van der Waals surface area contributed by atoms with Crippen LogP contribution in [0.4, 0.5) is 10.6 Å². The van der Waals surface area contributed by atoms with Gasteiger partial charge in [0.2, 0.25) is 0 Å². The molecule has 3 heterocycles. The minimum atomic E-state index is -0.454. The smallest absolute Gasteiger partial charge is 0.409 e. The molecule has 0 aliphatic carbocycles. The molecule has 1 aliphatic heterocycles. The van der Waals surface area contributed by atoms with Crippen LogP contribution in [-0.2, 0) is 4.74 Å². The number of benzene rings is 1. The molecule has 10 heteroatoms. The topological polar surface area (TPSA) is 80.6 Å². The Bertz CT molecular complexity index is 1330. The number of piperazine rings is 1. The van der Waals surface area contributed by atoms with Gasteiger partial charge in [0.15, 0.2) is 5.65 Å². The van der Waals surface area contributed by atoms with Crippen LogP contribution in [0.15, 0.2) is 35.1 Å². The molecular weight excluding hydrogens is 501 g/mol. The van der Waals surface area contributed by atoms with Crippen molar-refractivity contribution in [2.75, 3.05) is 31.1 Å². The predicted molar refractivity (Wildman–Crippen MR) is 144 cm³/mol. The Hall–Kier alpha value is -2.84. The van der Waals surface area contributed by atoms with Gasteiger partial charge in [-0.3, -0.25) is 0 Å². The summed E-state index contributed by atoms with van der Waals surface area (Å²) in [6, 6.07) is 9.30. The Morgan fingerprint density at radius 1 is 1.19 bits per heavy atom. The largest absolute Gasteiger partial charge is 0.449 e. The van der Waals surface area contributed by atoms with Gasteiger partial charge in [-0.05, 0) is 37.0 Å². The van der Waals surface area contributed by atoms with Crippen LogP contribution in [0.3, 0.4) is 0 Å². The summed E-state index contributed by atoms with van der Waals surface area (Å²) in [7, 11) is 0. The fourth-order valence-electron chi connectivity index (χ4n) is 4.53. The third-order valence-electron chi connectivity index (χ3n) is 6.44. The van der Waals surface area contributed by atoms with E-state index < -0.39 is 5.69 Å². The number of ether oxygens (including phenoxy) is 1. The molecule has 3 aromatic rings. The number of rotatable bonds is 6. The maximum atomic E-state index is 13.5. The molecule has 4 rings (SSSR count). The summed E-state index contributed by atoms with van der Waals surface area (Å²) < 4.78 is 6.88. The summed E-state index contributed by atoms with van der Waals surface area (Å²) in [5.41, 5.74) is 1.64. The van der Waals surface area contributed by atoms with Crippen molar-refractivity contribution in [2.45, 2.75) is 52.5 Å². The second kappa shape index (κ2) is 11.0. The zero-order chi connectivity index (χ0) is 26.0. The van der Waals surface area contributed by atoms with E-state index in [-0.39, 0.29) is 28.2 Å². The number of pyridine rings is 1. The molecule has 192 valence electrons. The number of para-hydroxylation sites is 1. The van der Waals surface area contributed by atoms with Gasteiger partial charge >= 0.3 is 11.8 Å². The van der Waals surface area contributed by atoms with Gasteiger partial charge in [0, 0.05) is 25.7 Å². The van der Waals surface area contributed by atoms with Crippen LogP contribution in [-0.4, -0.2) is 57.8 Å². The highest BCUT2D eigenvalue weighted by molar-refractivity contribution is 6.41. The first-order valence-electron chi connectivity index (χ1n) is 12.3. The monoisotopic (exact) mass is 531 g/mol. The van der Waals surface area contributed by atoms with Crippen LogP contribution < -0.4 is 10.6 Å². The van der Waals surface area contributed by atoms with Crippen LogP contribution in [0.5, 0.6) is 0 Å². The highest BCUT2D eigenvalue weighted by Gasteiger charge is 2.31. The molecule has 2 aromatic heterocycles. The summed E-state index contributed by atoms with van der Waals surface area (Å²) in [4.78, 5) is 38.7. The molecule has 0 N–H and O–H groups in total. The number of fused-ring (bicyclic) bond motifs is 1. The number of halogens is 2. The van der Waals surface area contributed by atoms with Crippen LogP contribution in [0.2, 0.25) is 10.2 Å². The molecule has 1 unspecified atom stereocenters. The van der Waals surface area contributed by atoms with E-state index in [1.807, 2.05) is 36.1 Å². The van der Waals surface area contributed by atoms with E-state index >= 15 is 0 Å². The minimum Gasteiger partial charge on any atom is -0.449 e. The molecule has 1 aliphatic rings. The van der Waals surface area contributed by atoms with Crippen LogP contribution in [0.25, 0.3) is 16.7 Å². The van der Waals surface area contributed by atoms with Crippen molar-refractivity contribution in [3.63, 3.8) is 0 Å². The van der Waals surface area contributed by atoms with Gasteiger partial charge in [-0.1, -0.05) is 68.6 Å². The molecule has 36 heavy (non-hydrogen) atoms. The summed E-state index contributed by atoms with van der Waals surface area (Å²) >= 11 is 12.7. The zero-order valence-electron chi connectivity index (χ0n) is 21.0. The summed E-state index contributed by atoms with van der Waals surface area (Å²) in [6.45, 7) is 9.97. The molecule has 0 saturated carbocycles. The molecule has 1 atom stereocenters. The lowest BCUT2D eigenvalue weighted by molar-refractivity contribution is 0.0944. The van der Waals surface area contributed by atoms with Crippen molar-refractivity contribution in [3.8, 4) is 5.69 Å². The molecule has 1 saturated heterocycles. The normalized spacial score (nSPS) is 16.1. The second-order valence-corrected chi connectivity index (χ2v) is 10.1. The molecule has 0 spiro atoms. The third kappa shape index (κ3) is 5.15. The van der Waals surface area contributed by atoms with Crippen molar-refractivity contribution in [1.82, 2.24) is 19.4 Å². The van der Waals surface area contributed by atoms with Crippen LogP contribution >= 0.6 is 23.2 Å². The Kier molecular flexibility index (Phi) is 8.05. The Morgan fingerprint density at radius 2 is 1.94 bits per heavy atom. The fraction of sp³-hybridized carbons (Fsp3) is 0.462. The lowest BCUT2D eigenvalue weighted by atomic mass is 10.0. The van der Waals surface area contributed by atoms with E-state index in [1.165, 1.54) is 4.57 Å². The van der Waals surface area contributed by atoms with E-state index in [1.54, 1.807) is 11.0 Å². The predicted octanol–water partition coefficient (Wildman–Crippen LogP) is 5.66. The van der Waals surface area contributed by atoms with Gasteiger partial charge < -0.3 is 14.5 Å². The first-order chi connectivity index (χ1) is 17.2. The molecule has 8 nitrogen and oxygen atoms in total. The van der Waals surface area contributed by atoms with E-state index in [2.05, 4.69) is 30.7 Å². The number of unbranched alkanes of at least 4 members (excludes halogenated alkanes) is 1. The molecule has 1 amide bonds. The number of hydrogen-bond acceptors (Lipinski definition) is 6. The SMILES string of the molecule is CCCCOC(=O)N1CCN(c2nc(=O)n(-c3ccccc3C(C)C)c3nc(Cl)c(Cl)cc23)C(C)C1. The average molecular weight is 532 g/mol. The number of amides is 1. The number of anilines is 1. The summed E-state index contributed by atoms with van der Waals surface area (Å²) in [5, 5.41) is 1.01. The molecule has 1 aromatic carbocycles. The van der Waals surface area contributed by atoms with E-state index in [0.29, 0.717) is 48.8 Å². The minimum absolute atomic E-state index is 0.110. The fourth-order valence-corrected chi connectivity index (χ4v) is 4.82. The second-order valence-electron chi connectivity index (χ2n) is 9.36. The van der Waals surface area contributed by atoms with Gasteiger partial charge in [0.25, 0.3) is 0 Å². The van der Waals surface area contributed by atoms with Gasteiger partial charge in [0.05, 0.1) is 22.7 Å². The van der Waals surface area contributed by atoms with Crippen LogP contribution in [0, 0.1) is 0 Å². The number of aromatic nitrogens is 3. The van der Waals surface area contributed by atoms with Gasteiger partial charge in [-0.15, -0.1) is 0 Å². The standard InChI is InChI=1S/C26H31Cl2N5O3/c1-5-6-13-36-26(35)31-11-12-32(17(4)15-31)23-19-14-20(27)22(28)29-24(19)33(25(34)30-23)21-10-8-7-9-18(21)16(2)3/h7-10,14,16-17H,5-6,11-13,15H2,1-4H3. The van der Waals surface area contributed by atoms with Gasteiger partial charge in [-0.2, -0.15) is 4.98 Å². The lowest BCUT2D eigenvalue weighted by Crippen LogP contribution is -2.54. The van der Waals surface area contributed by atoms with Crippen LogP contribution in [0.1, 0.15) is 52.0 Å². The lowest BCUT2D eigenvalue weighted by Gasteiger charge is -2.40. The van der Waals surface area contributed by atoms with E-state index in [4.69, 9.17) is 27.9 Å². The van der Waals surface area contributed by atoms with Gasteiger partial charge in [-0.25, -0.2) is 19.1 Å². The number of nitrogens with zero attached hydrogens (tertiary/aromatic N) is 5. The zero-order valence-corrected chi connectivity index (χ0v) is 22.5. The van der Waals surface area contributed by atoms with Crippen molar-refractivity contribution in [1.29, 1.82) is 0 Å². The molecule has 1 fully saturated rings. The van der Waals surface area contributed by atoms with Gasteiger partial charge in [0.1, 0.15) is 11.0 Å². The van der Waals surface area contributed by atoms with Crippen molar-refractivity contribution < 1.29 is 9.53 Å². The van der Waals surface area contributed by atoms with E-state index in [0.717, 1.165) is 18.4 Å². The maximum Gasteiger partial charge on any atom is 0.409 e. The summed E-state index contributed by atoms with van der Waals surface area (Å²) in [6.07, 6.45) is 1.48.